The Morgan fingerprint density at radius 2 is 2.07 bits per heavy atom. The average molecular weight is 200 g/mol. The third-order valence-electron chi connectivity index (χ3n) is 2.83. The first-order chi connectivity index (χ1) is 6.54. The Bertz CT molecular complexity index is 207. The maximum Gasteiger partial charge on any atom is 0.225 e. The van der Waals surface area contributed by atoms with Crippen LogP contribution in [0.5, 0.6) is 0 Å². The van der Waals surface area contributed by atoms with Crippen LogP contribution >= 0.6 is 0 Å². The van der Waals surface area contributed by atoms with Crippen LogP contribution in [-0.2, 0) is 4.79 Å². The zero-order chi connectivity index (χ0) is 10.7. The van der Waals surface area contributed by atoms with Crippen LogP contribution in [0, 0.1) is 11.8 Å². The topological polar surface area (TPSA) is 32.3 Å². The van der Waals surface area contributed by atoms with E-state index < -0.39 is 0 Å². The monoisotopic (exact) mass is 200 g/mol. The van der Waals surface area contributed by atoms with Crippen molar-refractivity contribution in [2.24, 2.45) is 11.8 Å². The van der Waals surface area contributed by atoms with Gasteiger partial charge in [0, 0.05) is 33.0 Å². The van der Waals surface area contributed by atoms with E-state index in [4.69, 9.17) is 0 Å². The highest BCUT2D eigenvalue weighted by Gasteiger charge is 2.29. The Morgan fingerprint density at radius 3 is 2.57 bits per heavy atom. The van der Waals surface area contributed by atoms with Crippen molar-refractivity contribution >= 4 is 5.91 Å². The number of rotatable bonds is 2. The Balaban J connectivity index is 0.00000196. The van der Waals surface area contributed by atoms with Crippen molar-refractivity contribution in [3.05, 3.63) is 0 Å². The molecule has 3 nitrogen and oxygen atoms in total. The summed E-state index contributed by atoms with van der Waals surface area (Å²) in [6.45, 7) is 11.0. The molecule has 0 aromatic carbocycles. The largest absolute Gasteiger partial charge is 0.337 e. The molecule has 0 aliphatic carbocycles. The quantitative estimate of drug-likeness (QED) is 0.729. The van der Waals surface area contributed by atoms with Gasteiger partial charge in [0.25, 0.3) is 0 Å². The van der Waals surface area contributed by atoms with Crippen molar-refractivity contribution in [1.82, 2.24) is 10.2 Å². The zero-order valence-electron chi connectivity index (χ0n) is 9.71. The predicted molar refractivity (Wildman–Crippen MR) is 60.2 cm³/mol. The highest BCUT2D eigenvalue weighted by molar-refractivity contribution is 5.78. The molecule has 0 aromatic rings. The molecule has 1 fully saturated rings. The first-order valence-corrected chi connectivity index (χ1v) is 5.55. The molecule has 0 radical (unpaired) electrons. The molecule has 1 aliphatic rings. The van der Waals surface area contributed by atoms with Crippen LogP contribution in [0.3, 0.4) is 0 Å². The summed E-state index contributed by atoms with van der Waals surface area (Å²) in [5.74, 6) is 0.949. The third kappa shape index (κ3) is 2.47. The molecular formula is C11H24N2O. The first-order valence-electron chi connectivity index (χ1n) is 5.55. The maximum absolute atomic E-state index is 11.9. The second-order valence-corrected chi connectivity index (χ2v) is 4.70. The lowest BCUT2D eigenvalue weighted by atomic mass is 9.99. The van der Waals surface area contributed by atoms with E-state index in [1.54, 1.807) is 0 Å². The molecule has 84 valence electrons. The van der Waals surface area contributed by atoms with Crippen molar-refractivity contribution in [2.75, 3.05) is 19.6 Å². The van der Waals surface area contributed by atoms with Crippen molar-refractivity contribution in [1.29, 1.82) is 0 Å². The lowest BCUT2D eigenvalue weighted by molar-refractivity contribution is -0.138. The second-order valence-electron chi connectivity index (χ2n) is 4.70. The second kappa shape index (κ2) is 4.78. The molecule has 0 spiro atoms. The molecule has 1 saturated heterocycles. The number of piperazine rings is 1. The van der Waals surface area contributed by atoms with E-state index in [9.17, 15) is 4.79 Å². The van der Waals surface area contributed by atoms with Gasteiger partial charge in [0.1, 0.15) is 0 Å². The number of carbonyl (C=O) groups is 1. The van der Waals surface area contributed by atoms with Crippen LogP contribution in [0.25, 0.3) is 0 Å². The predicted octanol–water partition coefficient (Wildman–Crippen LogP) is 1.34. The molecule has 0 saturated carbocycles. The number of hydrogen-bond acceptors (Lipinski definition) is 2. The van der Waals surface area contributed by atoms with E-state index in [0.29, 0.717) is 17.9 Å². The molecule has 1 aliphatic heterocycles. The van der Waals surface area contributed by atoms with Gasteiger partial charge in [-0.05, 0) is 5.92 Å². The van der Waals surface area contributed by atoms with E-state index in [0.717, 1.165) is 19.6 Å². The summed E-state index contributed by atoms with van der Waals surface area (Å²) in [5.41, 5.74) is 0. The van der Waals surface area contributed by atoms with Crippen molar-refractivity contribution in [3.8, 4) is 0 Å². The molecule has 1 unspecified atom stereocenters. The highest BCUT2D eigenvalue weighted by atomic mass is 16.2. The van der Waals surface area contributed by atoms with Gasteiger partial charge < -0.3 is 10.2 Å². The first kappa shape index (κ1) is 11.5. The zero-order valence-corrected chi connectivity index (χ0v) is 9.71. The van der Waals surface area contributed by atoms with E-state index in [1.807, 2.05) is 18.7 Å². The number of hydrogen-bond donors (Lipinski definition) is 1. The molecule has 0 bridgehead atoms. The summed E-state index contributed by atoms with van der Waals surface area (Å²) in [7, 11) is 0. The fraction of sp³-hybridized carbons (Fsp3) is 0.909. The van der Waals surface area contributed by atoms with E-state index in [-0.39, 0.29) is 7.34 Å². The Labute approximate surface area is 88.3 Å². The fourth-order valence-corrected chi connectivity index (χ4v) is 1.93. The minimum absolute atomic E-state index is 0. The Morgan fingerprint density at radius 1 is 1.43 bits per heavy atom. The van der Waals surface area contributed by atoms with Gasteiger partial charge in [0.15, 0.2) is 0 Å². The SMILES string of the molecule is CC(C)C(=O)N1CCNCC1C(C)C.[HH]. The van der Waals surface area contributed by atoms with Crippen LogP contribution in [0.15, 0.2) is 0 Å². The molecular weight excluding hydrogens is 176 g/mol. The van der Waals surface area contributed by atoms with Crippen molar-refractivity contribution in [3.63, 3.8) is 0 Å². The van der Waals surface area contributed by atoms with Crippen molar-refractivity contribution < 1.29 is 6.22 Å². The van der Waals surface area contributed by atoms with Gasteiger partial charge in [-0.3, -0.25) is 4.79 Å². The fourth-order valence-electron chi connectivity index (χ4n) is 1.93. The summed E-state index contributed by atoms with van der Waals surface area (Å²) in [4.78, 5) is 14.0. The van der Waals surface area contributed by atoms with Gasteiger partial charge in [0.2, 0.25) is 5.91 Å². The summed E-state index contributed by atoms with van der Waals surface area (Å²) in [6.07, 6.45) is 0. The van der Waals surface area contributed by atoms with Gasteiger partial charge in [-0.2, -0.15) is 0 Å². The molecule has 1 rings (SSSR count). The smallest absolute Gasteiger partial charge is 0.225 e. The Hall–Kier alpha value is -0.570. The Kier molecular flexibility index (Phi) is 3.93. The minimum Gasteiger partial charge on any atom is -0.337 e. The van der Waals surface area contributed by atoms with E-state index in [1.165, 1.54) is 0 Å². The summed E-state index contributed by atoms with van der Waals surface area (Å²) < 4.78 is 0. The lowest BCUT2D eigenvalue weighted by Crippen LogP contribution is -2.56. The molecule has 1 N–H and O–H groups in total. The third-order valence-corrected chi connectivity index (χ3v) is 2.83. The molecule has 1 atom stereocenters. The minimum atomic E-state index is 0. The van der Waals surface area contributed by atoms with E-state index >= 15 is 0 Å². The van der Waals surface area contributed by atoms with Gasteiger partial charge in [-0.1, -0.05) is 27.7 Å². The van der Waals surface area contributed by atoms with Crippen LogP contribution in [0.1, 0.15) is 29.1 Å². The van der Waals surface area contributed by atoms with Crippen LogP contribution < -0.4 is 5.32 Å². The number of nitrogens with one attached hydrogen (secondary N) is 1. The standard InChI is InChI=1S/C11H22N2O.H2/c1-8(2)10-7-12-5-6-13(10)11(14)9(3)4;/h8-10,12H,5-7H2,1-4H3;1H. The maximum atomic E-state index is 11.9. The van der Waals surface area contributed by atoms with Crippen LogP contribution in [-0.4, -0.2) is 36.5 Å². The molecule has 0 aromatic heterocycles. The van der Waals surface area contributed by atoms with E-state index in [2.05, 4.69) is 19.2 Å². The molecule has 1 heterocycles. The number of carbonyl (C=O) groups excluding carboxylic acids is 1. The van der Waals surface area contributed by atoms with Crippen molar-refractivity contribution in [2.45, 2.75) is 33.7 Å². The van der Waals surface area contributed by atoms with Gasteiger partial charge in [-0.25, -0.2) is 0 Å². The summed E-state index contributed by atoms with van der Waals surface area (Å²) >= 11 is 0. The van der Waals surface area contributed by atoms with Gasteiger partial charge in [0.05, 0.1) is 0 Å². The summed E-state index contributed by atoms with van der Waals surface area (Å²) in [6, 6.07) is 0.374. The molecule has 1 amide bonds. The number of nitrogens with zero attached hydrogens (tertiary/aromatic N) is 1. The lowest BCUT2D eigenvalue weighted by Gasteiger charge is -2.39. The van der Waals surface area contributed by atoms with Crippen LogP contribution in [0.4, 0.5) is 0 Å². The van der Waals surface area contributed by atoms with Gasteiger partial charge >= 0.3 is 0 Å². The highest BCUT2D eigenvalue weighted by Crippen LogP contribution is 2.15. The normalized spacial score (nSPS) is 23.3. The summed E-state index contributed by atoms with van der Waals surface area (Å²) in [5, 5.41) is 3.35. The molecule has 3 heteroatoms. The number of amides is 1. The van der Waals surface area contributed by atoms with Crippen LogP contribution in [0.2, 0.25) is 0 Å². The van der Waals surface area contributed by atoms with Gasteiger partial charge in [-0.15, -0.1) is 0 Å². The molecule has 14 heavy (non-hydrogen) atoms. The average Bonchev–Trinajstić information content (AvgIpc) is 2.16.